The number of nitrogens with zero attached hydrogens (tertiary/aromatic N) is 2. The van der Waals surface area contributed by atoms with E-state index in [1.165, 1.54) is 5.56 Å². The van der Waals surface area contributed by atoms with E-state index in [-0.39, 0.29) is 0 Å². The van der Waals surface area contributed by atoms with Crippen LogP contribution < -0.4 is 15.4 Å². The highest BCUT2D eigenvalue weighted by atomic mass is 16.5. The zero-order valence-corrected chi connectivity index (χ0v) is 13.0. The molecule has 1 aromatic heterocycles. The van der Waals surface area contributed by atoms with Crippen molar-refractivity contribution in [1.29, 1.82) is 0 Å². The van der Waals surface area contributed by atoms with Gasteiger partial charge in [-0.15, -0.1) is 0 Å². The number of rotatable bonds is 6. The van der Waals surface area contributed by atoms with Gasteiger partial charge in [-0.05, 0) is 38.5 Å². The second kappa shape index (κ2) is 6.92. The fraction of sp³-hybridized carbons (Fsp3) is 0.375. The molecule has 5 nitrogen and oxygen atoms in total. The summed E-state index contributed by atoms with van der Waals surface area (Å²) >= 11 is 0. The third-order valence-electron chi connectivity index (χ3n) is 2.91. The molecule has 0 aliphatic carbocycles. The van der Waals surface area contributed by atoms with Crippen molar-refractivity contribution in [2.45, 2.75) is 33.4 Å². The predicted octanol–water partition coefficient (Wildman–Crippen LogP) is 3.23. The summed E-state index contributed by atoms with van der Waals surface area (Å²) in [6.07, 6.45) is 0. The summed E-state index contributed by atoms with van der Waals surface area (Å²) in [5, 5.41) is 6.61. The van der Waals surface area contributed by atoms with Crippen LogP contribution in [0.15, 0.2) is 30.3 Å². The standard InChI is InChI=1S/C16H22N4O/c1-11(2)18-16-9-15(19-12(3)20-16)17-10-13-5-7-14(21-4)8-6-13/h5-9,11H,10H2,1-4H3,(H2,17,18,19,20). The maximum Gasteiger partial charge on any atom is 0.132 e. The monoisotopic (exact) mass is 286 g/mol. The van der Waals surface area contributed by atoms with E-state index >= 15 is 0 Å². The Morgan fingerprint density at radius 1 is 1.10 bits per heavy atom. The van der Waals surface area contributed by atoms with Crippen LogP contribution in [0.2, 0.25) is 0 Å². The zero-order chi connectivity index (χ0) is 15.2. The third kappa shape index (κ3) is 4.63. The van der Waals surface area contributed by atoms with Gasteiger partial charge in [0.1, 0.15) is 23.2 Å². The SMILES string of the molecule is COc1ccc(CNc2cc(NC(C)C)nc(C)n2)cc1. The van der Waals surface area contributed by atoms with Gasteiger partial charge in [0.2, 0.25) is 0 Å². The molecule has 0 amide bonds. The van der Waals surface area contributed by atoms with Gasteiger partial charge in [-0.25, -0.2) is 9.97 Å². The molecule has 0 fully saturated rings. The molecule has 0 unspecified atom stereocenters. The first kappa shape index (κ1) is 15.1. The topological polar surface area (TPSA) is 59.1 Å². The van der Waals surface area contributed by atoms with Crippen molar-refractivity contribution >= 4 is 11.6 Å². The molecule has 2 rings (SSSR count). The summed E-state index contributed by atoms with van der Waals surface area (Å²) < 4.78 is 5.15. The van der Waals surface area contributed by atoms with Gasteiger partial charge in [0.05, 0.1) is 7.11 Å². The molecule has 0 atom stereocenters. The number of benzene rings is 1. The Balaban J connectivity index is 2.03. The van der Waals surface area contributed by atoms with Crippen LogP contribution in [-0.4, -0.2) is 23.1 Å². The van der Waals surface area contributed by atoms with Gasteiger partial charge in [-0.2, -0.15) is 0 Å². The average Bonchev–Trinajstić information content (AvgIpc) is 2.44. The summed E-state index contributed by atoms with van der Waals surface area (Å²) in [4.78, 5) is 8.78. The lowest BCUT2D eigenvalue weighted by Gasteiger charge is -2.12. The largest absolute Gasteiger partial charge is 0.497 e. The number of ether oxygens (including phenoxy) is 1. The Bertz CT molecular complexity index is 581. The third-order valence-corrected chi connectivity index (χ3v) is 2.91. The Hall–Kier alpha value is -2.30. The molecule has 5 heteroatoms. The van der Waals surface area contributed by atoms with Crippen molar-refractivity contribution in [2.24, 2.45) is 0 Å². The van der Waals surface area contributed by atoms with Crippen molar-refractivity contribution in [1.82, 2.24) is 9.97 Å². The first-order valence-electron chi connectivity index (χ1n) is 7.06. The molecule has 0 aliphatic rings. The van der Waals surface area contributed by atoms with E-state index in [9.17, 15) is 0 Å². The molecule has 21 heavy (non-hydrogen) atoms. The van der Waals surface area contributed by atoms with Crippen LogP contribution in [0, 0.1) is 6.92 Å². The zero-order valence-electron chi connectivity index (χ0n) is 13.0. The Kier molecular flexibility index (Phi) is 4.98. The summed E-state index contributed by atoms with van der Waals surface area (Å²) in [5.41, 5.74) is 1.17. The molecular formula is C16H22N4O. The minimum atomic E-state index is 0.341. The van der Waals surface area contributed by atoms with Crippen LogP contribution >= 0.6 is 0 Å². The van der Waals surface area contributed by atoms with Crippen LogP contribution in [-0.2, 0) is 6.54 Å². The molecule has 2 N–H and O–H groups in total. The smallest absolute Gasteiger partial charge is 0.132 e. The molecule has 1 heterocycles. The van der Waals surface area contributed by atoms with Gasteiger partial charge in [-0.3, -0.25) is 0 Å². The molecule has 112 valence electrons. The van der Waals surface area contributed by atoms with Gasteiger partial charge >= 0.3 is 0 Å². The molecule has 1 aromatic carbocycles. The van der Waals surface area contributed by atoms with Crippen molar-refractivity contribution in [3.63, 3.8) is 0 Å². The minimum absolute atomic E-state index is 0.341. The van der Waals surface area contributed by atoms with E-state index in [0.29, 0.717) is 12.6 Å². The summed E-state index contributed by atoms with van der Waals surface area (Å²) in [7, 11) is 1.67. The minimum Gasteiger partial charge on any atom is -0.497 e. The van der Waals surface area contributed by atoms with Crippen LogP contribution in [0.3, 0.4) is 0 Å². The molecule has 0 aliphatic heterocycles. The number of aromatic nitrogens is 2. The van der Waals surface area contributed by atoms with Gasteiger partial charge in [0.15, 0.2) is 0 Å². The number of nitrogens with one attached hydrogen (secondary N) is 2. The molecule has 0 saturated heterocycles. The maximum atomic E-state index is 5.15. The van der Waals surface area contributed by atoms with Gasteiger partial charge < -0.3 is 15.4 Å². The van der Waals surface area contributed by atoms with Crippen molar-refractivity contribution in [3.8, 4) is 5.75 Å². The van der Waals surface area contributed by atoms with E-state index in [1.54, 1.807) is 7.11 Å². The van der Waals surface area contributed by atoms with Crippen LogP contribution in [0.5, 0.6) is 5.75 Å². The highest BCUT2D eigenvalue weighted by Crippen LogP contribution is 2.15. The van der Waals surface area contributed by atoms with Crippen LogP contribution in [0.25, 0.3) is 0 Å². The second-order valence-corrected chi connectivity index (χ2v) is 5.19. The first-order valence-corrected chi connectivity index (χ1v) is 7.06. The number of hydrogen-bond acceptors (Lipinski definition) is 5. The van der Waals surface area contributed by atoms with Crippen LogP contribution in [0.4, 0.5) is 11.6 Å². The highest BCUT2D eigenvalue weighted by molar-refractivity contribution is 5.48. The lowest BCUT2D eigenvalue weighted by molar-refractivity contribution is 0.414. The Morgan fingerprint density at radius 3 is 2.38 bits per heavy atom. The Morgan fingerprint density at radius 2 is 1.76 bits per heavy atom. The van der Waals surface area contributed by atoms with Gasteiger partial charge in [-0.1, -0.05) is 12.1 Å². The van der Waals surface area contributed by atoms with Crippen molar-refractivity contribution in [3.05, 3.63) is 41.7 Å². The normalized spacial score (nSPS) is 10.5. The summed E-state index contributed by atoms with van der Waals surface area (Å²) in [6.45, 7) is 6.77. The fourth-order valence-corrected chi connectivity index (χ4v) is 1.96. The lowest BCUT2D eigenvalue weighted by Crippen LogP contribution is -2.13. The van der Waals surface area contributed by atoms with E-state index < -0.39 is 0 Å². The van der Waals surface area contributed by atoms with Crippen molar-refractivity contribution in [2.75, 3.05) is 17.7 Å². The lowest BCUT2D eigenvalue weighted by atomic mass is 10.2. The number of anilines is 2. The van der Waals surface area contributed by atoms with E-state index in [4.69, 9.17) is 4.74 Å². The highest BCUT2D eigenvalue weighted by Gasteiger charge is 2.03. The van der Waals surface area contributed by atoms with Crippen LogP contribution in [0.1, 0.15) is 25.2 Å². The van der Waals surface area contributed by atoms with E-state index in [2.05, 4.69) is 34.4 Å². The summed E-state index contributed by atoms with van der Waals surface area (Å²) in [6, 6.07) is 10.2. The number of hydrogen-bond donors (Lipinski definition) is 2. The molecule has 0 saturated carbocycles. The van der Waals surface area contributed by atoms with Crippen molar-refractivity contribution < 1.29 is 4.74 Å². The molecular weight excluding hydrogens is 264 g/mol. The second-order valence-electron chi connectivity index (χ2n) is 5.19. The Labute approximate surface area is 125 Å². The van der Waals surface area contributed by atoms with E-state index in [1.807, 2.05) is 37.3 Å². The quantitative estimate of drug-likeness (QED) is 0.854. The average molecular weight is 286 g/mol. The van der Waals surface area contributed by atoms with Gasteiger partial charge in [0, 0.05) is 18.7 Å². The molecule has 0 bridgehead atoms. The predicted molar refractivity (Wildman–Crippen MR) is 85.8 cm³/mol. The first-order chi connectivity index (χ1) is 10.1. The van der Waals surface area contributed by atoms with Gasteiger partial charge in [0.25, 0.3) is 0 Å². The number of aryl methyl sites for hydroxylation is 1. The van der Waals surface area contributed by atoms with E-state index in [0.717, 1.165) is 23.2 Å². The molecule has 0 radical (unpaired) electrons. The number of methoxy groups -OCH3 is 1. The maximum absolute atomic E-state index is 5.15. The summed E-state index contributed by atoms with van der Waals surface area (Å²) in [5.74, 6) is 3.27. The fourth-order valence-electron chi connectivity index (χ4n) is 1.96. The molecule has 0 spiro atoms. The molecule has 2 aromatic rings.